The van der Waals surface area contributed by atoms with Crippen molar-refractivity contribution in [1.82, 2.24) is 44.8 Å². The van der Waals surface area contributed by atoms with Crippen LogP contribution >= 0.6 is 0 Å². The van der Waals surface area contributed by atoms with Gasteiger partial charge in [0.15, 0.2) is 23.3 Å². The summed E-state index contributed by atoms with van der Waals surface area (Å²) in [6.07, 6.45) is 0. The maximum atomic E-state index is 5.80. The summed E-state index contributed by atoms with van der Waals surface area (Å²) in [7, 11) is 2.56. The van der Waals surface area contributed by atoms with Gasteiger partial charge in [0.05, 0.1) is 10.8 Å². The molecule has 0 saturated carbocycles. The van der Waals surface area contributed by atoms with Crippen molar-refractivity contribution in [1.29, 1.82) is 0 Å². The van der Waals surface area contributed by atoms with Crippen LogP contribution in [0.3, 0.4) is 0 Å². The van der Waals surface area contributed by atoms with Crippen molar-refractivity contribution >= 4 is 335 Å². The van der Waals surface area contributed by atoms with Gasteiger partial charge in [0.1, 0.15) is 22.6 Å². The molecule has 104 heavy (non-hydrogen) atoms. The Labute approximate surface area is 571 Å². The van der Waals surface area contributed by atoms with Gasteiger partial charge < -0.3 is 9.97 Å². The normalized spacial score (nSPS) is 20.3. The highest BCUT2D eigenvalue weighted by Gasteiger charge is 2.76. The lowest BCUT2D eigenvalue weighted by Gasteiger charge is -2.50. The number of aromatic amines is 2. The molecular formula is C95H23N9. The third kappa shape index (κ3) is 2.85. The number of hydrogen-bond donors (Lipinski definition) is 2. The fourth-order valence-corrected chi connectivity index (χ4v) is 31.4. The van der Waals surface area contributed by atoms with Crippen LogP contribution in [0, 0.1) is 0 Å². The van der Waals surface area contributed by atoms with Gasteiger partial charge in [0.2, 0.25) is 0 Å². The van der Waals surface area contributed by atoms with E-state index in [0.29, 0.717) is 45.9 Å². The first-order valence-corrected chi connectivity index (χ1v) is 37.4. The molecule has 3 unspecified atom stereocenters. The fraction of sp³-hybridized carbons (Fsp3) is 0.0526. The average molecular weight is 1290 g/mol. The second-order valence-corrected chi connectivity index (χ2v) is 34.8. The Morgan fingerprint density at radius 1 is 0.260 bits per heavy atom. The lowest BCUT2D eigenvalue weighted by molar-refractivity contribution is 0.272. The summed E-state index contributed by atoms with van der Waals surface area (Å²) in [4.78, 5) is 43.6. The summed E-state index contributed by atoms with van der Waals surface area (Å²) in [5.41, 5.74) is 13.7. The standard InChI is InChI=1S/C95H23N9/c1-104-17-94-81-74-67-55-47-38-29-27-28-30-33(29)42-49(47)57-58-50(42)48-39(30)41-37-32(28)35-34-31(27)36-40(38)53(55)61-59-45(36)43(34)51-52-44(35)46(37)60-62-54(41)56(48)68-70(58)79(78(81)69(57)67)83-76(68)73(62)77-66(60)64(52)71-63(51)65(59)75(72(61)74)82(94)80(71)84(77)95(83,94)85(104)18-14-15-25-26(16-18)93-102-91-24-13-7-6-12-23(24)89(100-91)98-87-20-9-3-2-8-19(20)86(96-87)97-88-21-10-4-5-11-22(21)90(99-88)101-92(25)103-93/h2-16,85H,17H2,1H3,(H2,96,97,98,99,100,101,102,103). The van der Waals surface area contributed by atoms with Crippen LogP contribution in [0.5, 0.6) is 0 Å². The highest BCUT2D eigenvalue weighted by Crippen LogP contribution is 2.87. The van der Waals surface area contributed by atoms with E-state index in [0.717, 1.165) is 50.3 Å². The van der Waals surface area contributed by atoms with Crippen LogP contribution in [-0.4, -0.2) is 58.4 Å². The molecule has 42 rings (SSSR count). The molecule has 0 radical (unpaired) electrons. The Morgan fingerprint density at radius 2 is 0.500 bits per heavy atom. The summed E-state index contributed by atoms with van der Waals surface area (Å²) in [5, 5.41) is 91.4. The molecule has 6 heterocycles. The molecule has 0 amide bonds. The Balaban J connectivity index is 0.742. The Hall–Kier alpha value is -13.3. The minimum atomic E-state index is -0.550. The van der Waals surface area contributed by atoms with Crippen LogP contribution < -0.4 is 0 Å². The van der Waals surface area contributed by atoms with E-state index in [1.54, 1.807) is 313 Å². The van der Waals surface area contributed by atoms with Gasteiger partial charge in [-0.05, 0) is 332 Å². The lowest BCUT2D eigenvalue weighted by Crippen LogP contribution is -2.50. The maximum absolute atomic E-state index is 5.80. The quantitative estimate of drug-likeness (QED) is 0.157. The molecule has 7 aliphatic rings. The van der Waals surface area contributed by atoms with Gasteiger partial charge in [-0.2, -0.15) is 0 Å². The van der Waals surface area contributed by atoms with E-state index in [4.69, 9.17) is 29.9 Å². The molecule has 9 heteroatoms. The summed E-state index contributed by atoms with van der Waals surface area (Å²) in [5.74, 6) is 2.47. The summed E-state index contributed by atoms with van der Waals surface area (Å²) >= 11 is 0. The molecule has 8 bridgehead atoms. The van der Waals surface area contributed by atoms with E-state index < -0.39 is 10.8 Å². The summed E-state index contributed by atoms with van der Waals surface area (Å²) < 4.78 is 0. The molecule has 9 nitrogen and oxygen atoms in total. The third-order valence-electron chi connectivity index (χ3n) is 32.8. The van der Waals surface area contributed by atoms with Gasteiger partial charge in [-0.3, -0.25) is 4.90 Å². The van der Waals surface area contributed by atoms with Gasteiger partial charge in [0, 0.05) is 56.4 Å². The number of nitrogens with one attached hydrogen (secondary N) is 2. The first kappa shape index (κ1) is 42.7. The van der Waals surface area contributed by atoms with E-state index in [1.165, 1.54) is 5.56 Å². The predicted molar refractivity (Wildman–Crippen MR) is 425 cm³/mol. The molecular weight excluding hydrogens is 1270 g/mol. The molecule has 3 aliphatic heterocycles. The minimum Gasteiger partial charge on any atom is -0.324 e. The van der Waals surface area contributed by atoms with Crippen LogP contribution in [-0.2, 0) is 10.8 Å². The molecule has 32 aromatic carbocycles. The largest absolute Gasteiger partial charge is 0.324 e. The van der Waals surface area contributed by atoms with Crippen LogP contribution in [0.2, 0.25) is 0 Å². The van der Waals surface area contributed by atoms with Crippen molar-refractivity contribution in [3.8, 4) is 45.6 Å². The second-order valence-electron chi connectivity index (χ2n) is 34.8. The van der Waals surface area contributed by atoms with Crippen molar-refractivity contribution < 1.29 is 0 Å². The highest BCUT2D eigenvalue weighted by atomic mass is 15.2. The van der Waals surface area contributed by atoms with Crippen LogP contribution in [0.25, 0.3) is 381 Å². The van der Waals surface area contributed by atoms with E-state index in [-0.39, 0.29) is 6.04 Å². The van der Waals surface area contributed by atoms with Gasteiger partial charge >= 0.3 is 0 Å². The molecule has 3 atom stereocenters. The van der Waals surface area contributed by atoms with E-state index in [1.807, 2.05) is 0 Å². The summed E-state index contributed by atoms with van der Waals surface area (Å²) in [6, 6.07) is 32.7. The van der Waals surface area contributed by atoms with E-state index in [9.17, 15) is 0 Å². The zero-order valence-corrected chi connectivity index (χ0v) is 53.6. The van der Waals surface area contributed by atoms with Gasteiger partial charge in [-0.15, -0.1) is 0 Å². The van der Waals surface area contributed by atoms with Crippen molar-refractivity contribution in [2.45, 2.75) is 16.9 Å². The highest BCUT2D eigenvalue weighted by molar-refractivity contribution is 6.82. The van der Waals surface area contributed by atoms with Crippen LogP contribution in [0.15, 0.2) is 91.0 Å². The monoisotopic (exact) mass is 1290 g/mol. The molecule has 4 aliphatic carbocycles. The summed E-state index contributed by atoms with van der Waals surface area (Å²) in [6.45, 7) is 0.908. The zero-order chi connectivity index (χ0) is 63.4. The first-order chi connectivity index (χ1) is 51.6. The Morgan fingerprint density at radius 3 is 0.846 bits per heavy atom. The van der Waals surface area contributed by atoms with Crippen LogP contribution in [0.4, 0.5) is 0 Å². The third-order valence-corrected chi connectivity index (χ3v) is 32.8. The fourth-order valence-electron chi connectivity index (χ4n) is 31.4. The molecule has 448 valence electrons. The number of nitrogens with zero attached hydrogens (tertiary/aromatic N) is 7. The van der Waals surface area contributed by atoms with Crippen molar-refractivity contribution in [3.63, 3.8) is 0 Å². The number of fused-ring (bicyclic) bond motifs is 20. The topological polar surface area (TPSA) is 112 Å². The average Bonchev–Trinajstić information content (AvgIpc) is 1.38. The van der Waals surface area contributed by atoms with E-state index in [2.05, 4.69) is 113 Å². The first-order valence-electron chi connectivity index (χ1n) is 37.4. The van der Waals surface area contributed by atoms with Gasteiger partial charge in [0.25, 0.3) is 0 Å². The molecule has 2 N–H and O–H groups in total. The molecule has 1 fully saturated rings. The number of likely N-dealkylation sites (N-methyl/N-ethyl adjacent to an activating group) is 1. The van der Waals surface area contributed by atoms with Crippen molar-refractivity contribution in [2.24, 2.45) is 0 Å². The number of likely N-dealkylation sites (tertiary alicyclic amines) is 1. The Bertz CT molecular complexity index is 10600. The van der Waals surface area contributed by atoms with Crippen molar-refractivity contribution in [2.75, 3.05) is 13.6 Å². The smallest absolute Gasteiger partial charge is 0.164 e. The second kappa shape index (κ2) is 11.0. The molecule has 3 aromatic heterocycles. The number of benzene rings is 21. The number of H-pyrrole nitrogens is 2. The zero-order valence-electron chi connectivity index (χ0n) is 53.6. The number of aromatic nitrogens is 8. The van der Waals surface area contributed by atoms with Gasteiger partial charge in [-0.1, -0.05) is 84.9 Å². The SMILES string of the molecule is CN1CC23c4c5c6c7c8c9c(c%10c%11c2c2c%12c4c4c%13c5c5c7c7c8c8c%14c9c%10c9c%10c%11c2c2c%11c%12c4c4c%12c%13c5c5c7c7c8c8c%14c9c9c%10c2c2c%11c4c4c%12c5c7c5c8c9c2c45)C63C1c1ccc2c(c1)-c1nc-2nc2[nH]c(nc3nc(nc4[nH]c(n1)c1ccccc41)-c1ccccc1-3)c1ccccc21. The minimum absolute atomic E-state index is 0.0998. The molecule has 35 aromatic rings. The molecule has 2 spiro atoms. The van der Waals surface area contributed by atoms with Crippen LogP contribution in [0.1, 0.15) is 33.9 Å². The van der Waals surface area contributed by atoms with E-state index >= 15 is 0 Å². The van der Waals surface area contributed by atoms with Gasteiger partial charge in [-0.25, -0.2) is 29.9 Å². The lowest BCUT2D eigenvalue weighted by atomic mass is 9.49. The molecule has 1 saturated heterocycles. The number of rotatable bonds is 1. The van der Waals surface area contributed by atoms with Crippen molar-refractivity contribution in [3.05, 3.63) is 119 Å². The predicted octanol–water partition coefficient (Wildman–Crippen LogP) is 23.2. The number of hydrogen-bond acceptors (Lipinski definition) is 7. The Kier molecular flexibility index (Phi) is 4.50. The maximum Gasteiger partial charge on any atom is 0.164 e.